The molecule has 5 heteroatoms. The van der Waals surface area contributed by atoms with E-state index in [0.717, 1.165) is 12.2 Å². The van der Waals surface area contributed by atoms with Crippen molar-refractivity contribution in [2.45, 2.75) is 31.0 Å². The molecule has 0 spiro atoms. The molecular formula is C12H18BrN3O. The molecule has 1 aliphatic rings. The average molecular weight is 300 g/mol. The summed E-state index contributed by atoms with van der Waals surface area (Å²) in [7, 11) is 1.80. The van der Waals surface area contributed by atoms with Crippen molar-refractivity contribution in [1.29, 1.82) is 0 Å². The van der Waals surface area contributed by atoms with Gasteiger partial charge < -0.3 is 5.32 Å². The van der Waals surface area contributed by atoms with E-state index in [1.807, 2.05) is 13.0 Å². The zero-order chi connectivity index (χ0) is 12.4. The van der Waals surface area contributed by atoms with Gasteiger partial charge in [0.15, 0.2) is 0 Å². The second-order valence-corrected chi connectivity index (χ2v) is 5.89. The maximum Gasteiger partial charge on any atom is 0.269 e. The third-order valence-corrected chi connectivity index (χ3v) is 4.53. The first-order valence-electron chi connectivity index (χ1n) is 6.01. The standard InChI is InChI=1S/C12H18BrN3O/c1-8-6-11(16(2)15-8)12(17)14-7-9-4-3-5-10(9)13/h6,9-10H,3-5,7H2,1-2H3,(H,14,17). The molecule has 0 aliphatic heterocycles. The van der Waals surface area contributed by atoms with Gasteiger partial charge in [-0.15, -0.1) is 0 Å². The van der Waals surface area contributed by atoms with Gasteiger partial charge in [0.25, 0.3) is 5.91 Å². The number of alkyl halides is 1. The summed E-state index contributed by atoms with van der Waals surface area (Å²) in [6.07, 6.45) is 3.66. The molecule has 0 radical (unpaired) electrons. The van der Waals surface area contributed by atoms with Crippen LogP contribution in [0.15, 0.2) is 6.07 Å². The molecule has 2 atom stereocenters. The fourth-order valence-corrected chi connectivity index (χ4v) is 3.13. The lowest BCUT2D eigenvalue weighted by molar-refractivity contribution is 0.0938. The third kappa shape index (κ3) is 2.89. The molecule has 94 valence electrons. The van der Waals surface area contributed by atoms with Crippen molar-refractivity contribution >= 4 is 21.8 Å². The maximum atomic E-state index is 12.0. The summed E-state index contributed by atoms with van der Waals surface area (Å²) in [6.45, 7) is 2.64. The van der Waals surface area contributed by atoms with E-state index in [-0.39, 0.29) is 5.91 Å². The molecule has 0 aromatic carbocycles. The fraction of sp³-hybridized carbons (Fsp3) is 0.667. The second kappa shape index (κ2) is 5.21. The molecule has 2 rings (SSSR count). The number of aryl methyl sites for hydroxylation is 2. The lowest BCUT2D eigenvalue weighted by atomic mass is 10.1. The monoisotopic (exact) mass is 299 g/mol. The molecular weight excluding hydrogens is 282 g/mol. The van der Waals surface area contributed by atoms with Crippen LogP contribution in [0.4, 0.5) is 0 Å². The predicted molar refractivity (Wildman–Crippen MR) is 70.3 cm³/mol. The summed E-state index contributed by atoms with van der Waals surface area (Å²) in [5.74, 6) is 0.535. The van der Waals surface area contributed by atoms with Gasteiger partial charge in [0.2, 0.25) is 0 Å². The van der Waals surface area contributed by atoms with E-state index in [1.54, 1.807) is 11.7 Å². The Morgan fingerprint density at radius 3 is 2.94 bits per heavy atom. The predicted octanol–water partition coefficient (Wildman–Crippen LogP) is 2.02. The van der Waals surface area contributed by atoms with E-state index in [1.165, 1.54) is 19.3 Å². The Morgan fingerprint density at radius 1 is 1.65 bits per heavy atom. The number of carbonyl (C=O) groups excluding carboxylic acids is 1. The van der Waals surface area contributed by atoms with Gasteiger partial charge in [0.1, 0.15) is 5.69 Å². The molecule has 1 heterocycles. The van der Waals surface area contributed by atoms with E-state index in [2.05, 4.69) is 26.3 Å². The molecule has 17 heavy (non-hydrogen) atoms. The Labute approximate surface area is 110 Å². The maximum absolute atomic E-state index is 12.0. The van der Waals surface area contributed by atoms with E-state index < -0.39 is 0 Å². The molecule has 0 saturated heterocycles. The van der Waals surface area contributed by atoms with Crippen molar-refractivity contribution in [3.05, 3.63) is 17.5 Å². The normalized spacial score (nSPS) is 23.9. The van der Waals surface area contributed by atoms with Gasteiger partial charge in [-0.05, 0) is 31.7 Å². The first kappa shape index (κ1) is 12.6. The van der Waals surface area contributed by atoms with E-state index in [9.17, 15) is 4.79 Å². The summed E-state index contributed by atoms with van der Waals surface area (Å²) in [4.78, 5) is 12.5. The molecule has 1 aliphatic carbocycles. The first-order valence-corrected chi connectivity index (χ1v) is 6.92. The topological polar surface area (TPSA) is 46.9 Å². The van der Waals surface area contributed by atoms with Crippen molar-refractivity contribution in [3.8, 4) is 0 Å². The largest absolute Gasteiger partial charge is 0.350 e. The molecule has 1 N–H and O–H groups in total. The fourth-order valence-electron chi connectivity index (χ4n) is 2.36. The van der Waals surface area contributed by atoms with Gasteiger partial charge in [-0.3, -0.25) is 9.48 Å². The van der Waals surface area contributed by atoms with Gasteiger partial charge >= 0.3 is 0 Å². The number of rotatable bonds is 3. The van der Waals surface area contributed by atoms with Crippen LogP contribution in [0.5, 0.6) is 0 Å². The Balaban J connectivity index is 1.91. The number of aromatic nitrogens is 2. The summed E-state index contributed by atoms with van der Waals surface area (Å²) in [5, 5.41) is 7.17. The summed E-state index contributed by atoms with van der Waals surface area (Å²) in [5.41, 5.74) is 1.50. The van der Waals surface area contributed by atoms with Gasteiger partial charge in [-0.25, -0.2) is 0 Å². The summed E-state index contributed by atoms with van der Waals surface area (Å²) >= 11 is 3.66. The number of hydrogen-bond donors (Lipinski definition) is 1. The van der Waals surface area contributed by atoms with E-state index in [4.69, 9.17) is 0 Å². The molecule has 4 nitrogen and oxygen atoms in total. The van der Waals surface area contributed by atoms with Crippen molar-refractivity contribution in [2.75, 3.05) is 6.54 Å². The highest BCUT2D eigenvalue weighted by Crippen LogP contribution is 2.30. The summed E-state index contributed by atoms with van der Waals surface area (Å²) < 4.78 is 1.63. The van der Waals surface area contributed by atoms with Crippen molar-refractivity contribution in [3.63, 3.8) is 0 Å². The van der Waals surface area contributed by atoms with Gasteiger partial charge in [-0.1, -0.05) is 22.4 Å². The number of nitrogens with zero attached hydrogens (tertiary/aromatic N) is 2. The third-order valence-electron chi connectivity index (χ3n) is 3.33. The number of hydrogen-bond acceptors (Lipinski definition) is 2. The van der Waals surface area contributed by atoms with Crippen LogP contribution in [0, 0.1) is 12.8 Å². The van der Waals surface area contributed by atoms with Gasteiger partial charge in [0, 0.05) is 18.4 Å². The van der Waals surface area contributed by atoms with Crippen LogP contribution >= 0.6 is 15.9 Å². The Bertz CT molecular complexity index is 416. The SMILES string of the molecule is Cc1cc(C(=O)NCC2CCCC2Br)n(C)n1. The minimum absolute atomic E-state index is 0.0281. The van der Waals surface area contributed by atoms with Gasteiger partial charge in [0.05, 0.1) is 5.69 Å². The van der Waals surface area contributed by atoms with E-state index in [0.29, 0.717) is 16.4 Å². The zero-order valence-corrected chi connectivity index (χ0v) is 11.8. The lowest BCUT2D eigenvalue weighted by Gasteiger charge is -2.14. The van der Waals surface area contributed by atoms with Crippen LogP contribution in [-0.2, 0) is 7.05 Å². The number of amides is 1. The van der Waals surface area contributed by atoms with Crippen molar-refractivity contribution in [2.24, 2.45) is 13.0 Å². The van der Waals surface area contributed by atoms with E-state index >= 15 is 0 Å². The average Bonchev–Trinajstić information content (AvgIpc) is 2.81. The highest BCUT2D eigenvalue weighted by Gasteiger charge is 2.25. The second-order valence-electron chi connectivity index (χ2n) is 4.71. The highest BCUT2D eigenvalue weighted by atomic mass is 79.9. The Morgan fingerprint density at radius 2 is 2.41 bits per heavy atom. The molecule has 1 fully saturated rings. The molecule has 1 saturated carbocycles. The van der Waals surface area contributed by atoms with Crippen LogP contribution in [0.25, 0.3) is 0 Å². The van der Waals surface area contributed by atoms with Crippen LogP contribution in [0.1, 0.15) is 35.4 Å². The van der Waals surface area contributed by atoms with Crippen LogP contribution in [0.3, 0.4) is 0 Å². The van der Waals surface area contributed by atoms with Crippen LogP contribution < -0.4 is 5.32 Å². The molecule has 1 aromatic heterocycles. The zero-order valence-electron chi connectivity index (χ0n) is 10.2. The minimum Gasteiger partial charge on any atom is -0.350 e. The van der Waals surface area contributed by atoms with Crippen molar-refractivity contribution in [1.82, 2.24) is 15.1 Å². The number of carbonyl (C=O) groups is 1. The first-order chi connectivity index (χ1) is 8.08. The van der Waals surface area contributed by atoms with Crippen molar-refractivity contribution < 1.29 is 4.79 Å². The smallest absolute Gasteiger partial charge is 0.269 e. The minimum atomic E-state index is -0.0281. The Hall–Kier alpha value is -0.840. The van der Waals surface area contributed by atoms with Crippen LogP contribution in [0.2, 0.25) is 0 Å². The molecule has 1 aromatic rings. The molecule has 1 amide bonds. The number of nitrogens with one attached hydrogen (secondary N) is 1. The summed E-state index contributed by atoms with van der Waals surface area (Å²) in [6, 6.07) is 1.82. The molecule has 0 bridgehead atoms. The Kier molecular flexibility index (Phi) is 3.86. The lowest BCUT2D eigenvalue weighted by Crippen LogP contribution is -2.32. The van der Waals surface area contributed by atoms with Crippen LogP contribution in [-0.4, -0.2) is 27.1 Å². The highest BCUT2D eigenvalue weighted by molar-refractivity contribution is 9.09. The number of halogens is 1. The quantitative estimate of drug-likeness (QED) is 0.868. The van der Waals surface area contributed by atoms with Gasteiger partial charge in [-0.2, -0.15) is 5.10 Å². The molecule has 2 unspecified atom stereocenters.